The van der Waals surface area contributed by atoms with Crippen molar-refractivity contribution >= 4 is 34.4 Å². The van der Waals surface area contributed by atoms with Crippen LogP contribution in [0.2, 0.25) is 0 Å². The van der Waals surface area contributed by atoms with Gasteiger partial charge < -0.3 is 10.2 Å². The van der Waals surface area contributed by atoms with E-state index in [2.05, 4.69) is 49.5 Å². The smallest absolute Gasteiger partial charge is 0.273 e. The molecule has 1 fully saturated rings. The molecule has 1 saturated heterocycles. The van der Waals surface area contributed by atoms with Gasteiger partial charge in [0.05, 0.1) is 0 Å². The molecule has 4 rings (SSSR count). The zero-order valence-electron chi connectivity index (χ0n) is 17.8. The number of rotatable bonds is 6. The van der Waals surface area contributed by atoms with Crippen LogP contribution in [-0.2, 0) is 0 Å². The van der Waals surface area contributed by atoms with E-state index >= 15 is 0 Å². The molecular formula is C23H26N6OS. The highest BCUT2D eigenvalue weighted by atomic mass is 32.1. The number of aryl methyl sites for hydroxylation is 2. The molecule has 160 valence electrons. The predicted molar refractivity (Wildman–Crippen MR) is 125 cm³/mol. The highest BCUT2D eigenvalue weighted by molar-refractivity contribution is 7.14. The van der Waals surface area contributed by atoms with E-state index in [4.69, 9.17) is 0 Å². The number of anilines is 2. The molecule has 1 aromatic carbocycles. The van der Waals surface area contributed by atoms with Crippen LogP contribution in [0.1, 0.15) is 27.4 Å². The van der Waals surface area contributed by atoms with Crippen molar-refractivity contribution < 1.29 is 4.79 Å². The number of hydrogen-bond acceptors (Lipinski definition) is 7. The lowest BCUT2D eigenvalue weighted by atomic mass is 10.2. The number of nitrogens with zero attached hydrogens (tertiary/aromatic N) is 5. The summed E-state index contributed by atoms with van der Waals surface area (Å²) < 4.78 is 0. The largest absolute Gasteiger partial charge is 0.335 e. The summed E-state index contributed by atoms with van der Waals surface area (Å²) in [5.74, 6) is 0.480. The third kappa shape index (κ3) is 5.74. The lowest BCUT2D eigenvalue weighted by molar-refractivity contribution is 0.0645. The minimum atomic E-state index is -0.0230. The van der Waals surface area contributed by atoms with Crippen molar-refractivity contribution in [3.05, 3.63) is 70.5 Å². The average Bonchev–Trinajstić information content (AvgIpc) is 3.22. The molecule has 0 aliphatic carbocycles. The lowest BCUT2D eigenvalue weighted by Gasteiger charge is -2.33. The Balaban J connectivity index is 1.28. The van der Waals surface area contributed by atoms with Crippen LogP contribution in [-0.4, -0.2) is 63.4 Å². The second kappa shape index (κ2) is 9.80. The topological polar surface area (TPSA) is 74.2 Å². The first-order valence-corrected chi connectivity index (χ1v) is 11.2. The number of nitrogens with one attached hydrogen (secondary N) is 1. The van der Waals surface area contributed by atoms with E-state index in [1.54, 1.807) is 5.38 Å². The highest BCUT2D eigenvalue weighted by Crippen LogP contribution is 2.20. The first-order valence-electron chi connectivity index (χ1n) is 10.3. The summed E-state index contributed by atoms with van der Waals surface area (Å²) >= 11 is 1.39. The maximum atomic E-state index is 12.9. The van der Waals surface area contributed by atoms with Crippen LogP contribution in [0.4, 0.5) is 11.1 Å². The molecule has 31 heavy (non-hydrogen) atoms. The van der Waals surface area contributed by atoms with Crippen molar-refractivity contribution in [2.24, 2.45) is 0 Å². The van der Waals surface area contributed by atoms with Crippen LogP contribution < -0.4 is 5.32 Å². The molecule has 1 amide bonds. The summed E-state index contributed by atoms with van der Waals surface area (Å²) in [6.45, 7) is 7.86. The maximum absolute atomic E-state index is 12.9. The summed E-state index contributed by atoms with van der Waals surface area (Å²) in [6, 6.07) is 12.2. The molecular weight excluding hydrogens is 408 g/mol. The van der Waals surface area contributed by atoms with Gasteiger partial charge in [0, 0.05) is 49.5 Å². The molecule has 3 heterocycles. The fraction of sp³-hybridized carbons (Fsp3) is 0.304. The molecule has 0 bridgehead atoms. The number of hydrogen-bond donors (Lipinski definition) is 1. The van der Waals surface area contributed by atoms with Gasteiger partial charge in [-0.25, -0.2) is 15.0 Å². The Hall–Kier alpha value is -3.10. The van der Waals surface area contributed by atoms with Crippen LogP contribution in [0.15, 0.2) is 47.9 Å². The molecule has 0 atom stereocenters. The number of amides is 1. The van der Waals surface area contributed by atoms with Crippen LogP contribution in [0.3, 0.4) is 0 Å². The minimum absolute atomic E-state index is 0.0230. The molecule has 1 aliphatic rings. The standard InChI is InChI=1S/C23H26N6OS/c1-17-15-18(2)25-22(24-17)27-23-26-20(16-31-23)21(30)29-13-11-28(12-14-29)10-6-9-19-7-4-3-5-8-19/h3-9,15-16H,10-14H2,1-2H3,(H,24,25,26,27)/b9-6+. The van der Waals surface area contributed by atoms with Crippen molar-refractivity contribution in [1.29, 1.82) is 0 Å². The Morgan fingerprint density at radius 2 is 1.77 bits per heavy atom. The molecule has 2 aromatic heterocycles. The number of carbonyl (C=O) groups is 1. The van der Waals surface area contributed by atoms with Crippen molar-refractivity contribution in [2.45, 2.75) is 13.8 Å². The molecule has 0 unspecified atom stereocenters. The zero-order chi connectivity index (χ0) is 21.6. The van der Waals surface area contributed by atoms with E-state index in [9.17, 15) is 4.79 Å². The molecule has 0 saturated carbocycles. The number of thiazole rings is 1. The molecule has 3 aromatic rings. The Bertz CT molecular complexity index is 1040. The SMILES string of the molecule is Cc1cc(C)nc(Nc2nc(C(=O)N3CCN(C/C=C/c4ccccc4)CC3)cs2)n1. The molecule has 7 nitrogen and oxygen atoms in total. The summed E-state index contributed by atoms with van der Waals surface area (Å²) in [5.41, 5.74) is 3.45. The van der Waals surface area contributed by atoms with Crippen LogP contribution in [0, 0.1) is 13.8 Å². The highest BCUT2D eigenvalue weighted by Gasteiger charge is 2.23. The number of carbonyl (C=O) groups excluding carboxylic acids is 1. The lowest BCUT2D eigenvalue weighted by Crippen LogP contribution is -2.48. The summed E-state index contributed by atoms with van der Waals surface area (Å²) in [4.78, 5) is 30.3. The van der Waals surface area contributed by atoms with E-state index in [0.717, 1.165) is 31.0 Å². The van der Waals surface area contributed by atoms with Crippen molar-refractivity contribution in [2.75, 3.05) is 38.0 Å². The molecule has 1 N–H and O–H groups in total. The second-order valence-electron chi connectivity index (χ2n) is 7.54. The molecule has 1 aliphatic heterocycles. The summed E-state index contributed by atoms with van der Waals surface area (Å²) in [7, 11) is 0. The molecule has 8 heteroatoms. The second-order valence-corrected chi connectivity index (χ2v) is 8.40. The van der Waals surface area contributed by atoms with Crippen molar-refractivity contribution in [3.8, 4) is 0 Å². The summed E-state index contributed by atoms with van der Waals surface area (Å²) in [6.07, 6.45) is 4.32. The zero-order valence-corrected chi connectivity index (χ0v) is 18.6. The fourth-order valence-corrected chi connectivity index (χ4v) is 4.18. The Labute approximate surface area is 186 Å². The fourth-order valence-electron chi connectivity index (χ4n) is 3.50. The Morgan fingerprint density at radius 3 is 2.48 bits per heavy atom. The third-order valence-electron chi connectivity index (χ3n) is 5.06. The van der Waals surface area contributed by atoms with E-state index in [-0.39, 0.29) is 5.91 Å². The molecule has 0 spiro atoms. The van der Waals surface area contributed by atoms with Crippen LogP contribution in [0.25, 0.3) is 6.08 Å². The van der Waals surface area contributed by atoms with Crippen molar-refractivity contribution in [1.82, 2.24) is 24.8 Å². The number of aromatic nitrogens is 3. The van der Waals surface area contributed by atoms with Gasteiger partial charge >= 0.3 is 0 Å². The normalized spacial score (nSPS) is 14.8. The van der Waals surface area contributed by atoms with Gasteiger partial charge in [0.15, 0.2) is 5.13 Å². The van der Waals surface area contributed by atoms with Gasteiger partial charge in [0.2, 0.25) is 5.95 Å². The predicted octanol–water partition coefficient (Wildman–Crippen LogP) is 3.76. The number of benzene rings is 1. The van der Waals surface area contributed by atoms with Gasteiger partial charge in [0.25, 0.3) is 5.91 Å². The van der Waals surface area contributed by atoms with Gasteiger partial charge in [-0.2, -0.15) is 0 Å². The van der Waals surface area contributed by atoms with E-state index in [1.807, 2.05) is 43.0 Å². The first kappa shape index (κ1) is 21.1. The van der Waals surface area contributed by atoms with E-state index in [1.165, 1.54) is 16.9 Å². The van der Waals surface area contributed by atoms with Gasteiger partial charge in [-0.3, -0.25) is 9.69 Å². The van der Waals surface area contributed by atoms with E-state index < -0.39 is 0 Å². The Kier molecular flexibility index (Phi) is 6.69. The van der Waals surface area contributed by atoms with Crippen molar-refractivity contribution in [3.63, 3.8) is 0 Å². The van der Waals surface area contributed by atoms with E-state index in [0.29, 0.717) is 29.9 Å². The molecule has 0 radical (unpaired) electrons. The first-order chi connectivity index (χ1) is 15.1. The van der Waals surface area contributed by atoms with Crippen LogP contribution in [0.5, 0.6) is 0 Å². The Morgan fingerprint density at radius 1 is 1.06 bits per heavy atom. The monoisotopic (exact) mass is 434 g/mol. The van der Waals surface area contributed by atoms with Crippen LogP contribution >= 0.6 is 11.3 Å². The van der Waals surface area contributed by atoms with Gasteiger partial charge in [-0.05, 0) is 25.5 Å². The quantitative estimate of drug-likeness (QED) is 0.637. The maximum Gasteiger partial charge on any atom is 0.273 e. The third-order valence-corrected chi connectivity index (χ3v) is 5.82. The van der Waals surface area contributed by atoms with Gasteiger partial charge in [0.1, 0.15) is 5.69 Å². The summed E-state index contributed by atoms with van der Waals surface area (Å²) in [5, 5.41) is 5.52. The van der Waals surface area contributed by atoms with Gasteiger partial charge in [-0.1, -0.05) is 42.5 Å². The average molecular weight is 435 g/mol. The number of piperazine rings is 1. The van der Waals surface area contributed by atoms with Gasteiger partial charge in [-0.15, -0.1) is 11.3 Å². The minimum Gasteiger partial charge on any atom is -0.335 e.